The van der Waals surface area contributed by atoms with E-state index in [4.69, 9.17) is 10.5 Å². The molecule has 4 heteroatoms. The minimum atomic E-state index is 0.333. The lowest BCUT2D eigenvalue weighted by atomic mass is 10.0. The fraction of sp³-hybridized carbons (Fsp3) is 0.571. The van der Waals surface area contributed by atoms with E-state index in [1.54, 1.807) is 0 Å². The van der Waals surface area contributed by atoms with Crippen LogP contribution >= 0.6 is 15.9 Å². The minimum Gasteiger partial charge on any atom is -0.493 e. The molecule has 1 saturated heterocycles. The van der Waals surface area contributed by atoms with Crippen LogP contribution < -0.4 is 10.5 Å². The molecule has 0 saturated carbocycles. The number of hydrogen-bond acceptors (Lipinski definition) is 3. The molecular formula is C14H19BrN2O. The van der Waals surface area contributed by atoms with Crippen molar-refractivity contribution in [2.24, 2.45) is 5.73 Å². The van der Waals surface area contributed by atoms with Gasteiger partial charge in [-0.2, -0.15) is 0 Å². The van der Waals surface area contributed by atoms with Crippen LogP contribution in [0, 0.1) is 0 Å². The smallest absolute Gasteiger partial charge is 0.127 e. The third-order valence-corrected chi connectivity index (χ3v) is 4.22. The number of fused-ring (bicyclic) bond motifs is 1. The second-order valence-corrected chi connectivity index (χ2v) is 6.20. The summed E-state index contributed by atoms with van der Waals surface area (Å²) >= 11 is 3.59. The molecule has 1 aromatic rings. The van der Waals surface area contributed by atoms with E-state index in [0.29, 0.717) is 6.04 Å². The summed E-state index contributed by atoms with van der Waals surface area (Å²) in [6.07, 6.45) is 3.39. The average molecular weight is 311 g/mol. The molecule has 2 heterocycles. The molecule has 2 aliphatic rings. The number of nitrogens with zero attached hydrogens (tertiary/aromatic N) is 1. The number of likely N-dealkylation sites (tertiary alicyclic amines) is 1. The number of ether oxygens (including phenoxy) is 1. The van der Waals surface area contributed by atoms with Crippen LogP contribution in [0.1, 0.15) is 24.0 Å². The quantitative estimate of drug-likeness (QED) is 0.911. The molecule has 1 aromatic carbocycles. The number of hydrogen-bond donors (Lipinski definition) is 1. The summed E-state index contributed by atoms with van der Waals surface area (Å²) in [4.78, 5) is 2.44. The van der Waals surface area contributed by atoms with Gasteiger partial charge >= 0.3 is 0 Å². The molecule has 0 radical (unpaired) electrons. The molecule has 0 aliphatic carbocycles. The average Bonchev–Trinajstić information content (AvgIpc) is 2.77. The van der Waals surface area contributed by atoms with Crippen molar-refractivity contribution >= 4 is 15.9 Å². The standard InChI is InChI=1S/C14H19BrN2O/c15-12-6-10-3-5-18-14(10)11(7-12)8-17-4-1-2-13(16)9-17/h6-7,13H,1-5,8-9,16H2/t13-/m1/s1. The van der Waals surface area contributed by atoms with Crippen molar-refractivity contribution in [3.8, 4) is 5.75 Å². The molecule has 0 aromatic heterocycles. The van der Waals surface area contributed by atoms with E-state index < -0.39 is 0 Å². The molecule has 1 fully saturated rings. The first-order valence-electron chi connectivity index (χ1n) is 6.64. The van der Waals surface area contributed by atoms with Crippen molar-refractivity contribution in [3.63, 3.8) is 0 Å². The van der Waals surface area contributed by atoms with Gasteiger partial charge in [-0.15, -0.1) is 0 Å². The lowest BCUT2D eigenvalue weighted by Crippen LogP contribution is -2.42. The van der Waals surface area contributed by atoms with Crippen LogP contribution in [0.5, 0.6) is 5.75 Å². The number of piperidine rings is 1. The Hall–Kier alpha value is -0.580. The lowest BCUT2D eigenvalue weighted by Gasteiger charge is -2.31. The zero-order valence-electron chi connectivity index (χ0n) is 10.5. The molecule has 2 N–H and O–H groups in total. The van der Waals surface area contributed by atoms with E-state index in [-0.39, 0.29) is 0 Å². The number of benzene rings is 1. The molecule has 0 unspecified atom stereocenters. The van der Waals surface area contributed by atoms with Crippen molar-refractivity contribution < 1.29 is 4.74 Å². The van der Waals surface area contributed by atoms with Gasteiger partial charge in [0.2, 0.25) is 0 Å². The highest BCUT2D eigenvalue weighted by Gasteiger charge is 2.21. The Kier molecular flexibility index (Phi) is 3.59. The maximum absolute atomic E-state index is 6.04. The number of halogens is 1. The molecule has 1 atom stereocenters. The van der Waals surface area contributed by atoms with Gasteiger partial charge in [0, 0.05) is 35.6 Å². The highest BCUT2D eigenvalue weighted by atomic mass is 79.9. The summed E-state index contributed by atoms with van der Waals surface area (Å²) in [5.74, 6) is 1.11. The van der Waals surface area contributed by atoms with Crippen molar-refractivity contribution in [1.82, 2.24) is 4.90 Å². The van der Waals surface area contributed by atoms with Crippen LogP contribution in [-0.2, 0) is 13.0 Å². The normalized spacial score (nSPS) is 23.8. The SMILES string of the molecule is N[C@@H]1CCCN(Cc2cc(Br)cc3c2OCC3)C1. The van der Waals surface area contributed by atoms with Crippen molar-refractivity contribution in [3.05, 3.63) is 27.7 Å². The van der Waals surface area contributed by atoms with Gasteiger partial charge in [0.25, 0.3) is 0 Å². The zero-order chi connectivity index (χ0) is 12.5. The fourth-order valence-electron chi connectivity index (χ4n) is 2.94. The van der Waals surface area contributed by atoms with Gasteiger partial charge in [-0.3, -0.25) is 4.90 Å². The van der Waals surface area contributed by atoms with Gasteiger partial charge in [0.05, 0.1) is 6.61 Å². The second-order valence-electron chi connectivity index (χ2n) is 5.29. The van der Waals surface area contributed by atoms with Crippen molar-refractivity contribution in [2.45, 2.75) is 31.8 Å². The summed E-state index contributed by atoms with van der Waals surface area (Å²) in [5.41, 5.74) is 8.67. The van der Waals surface area contributed by atoms with E-state index in [2.05, 4.69) is 33.0 Å². The summed E-state index contributed by atoms with van der Waals surface area (Å²) < 4.78 is 6.93. The Morgan fingerprint density at radius 1 is 1.44 bits per heavy atom. The first-order valence-corrected chi connectivity index (χ1v) is 7.44. The van der Waals surface area contributed by atoms with E-state index in [0.717, 1.165) is 49.3 Å². The fourth-order valence-corrected chi connectivity index (χ4v) is 3.49. The van der Waals surface area contributed by atoms with Crippen LogP contribution in [-0.4, -0.2) is 30.6 Å². The van der Waals surface area contributed by atoms with Gasteiger partial charge in [-0.1, -0.05) is 15.9 Å². The largest absolute Gasteiger partial charge is 0.493 e. The van der Waals surface area contributed by atoms with Crippen LogP contribution in [0.25, 0.3) is 0 Å². The molecular weight excluding hydrogens is 292 g/mol. The van der Waals surface area contributed by atoms with Crippen LogP contribution in [0.15, 0.2) is 16.6 Å². The first-order chi connectivity index (χ1) is 8.72. The van der Waals surface area contributed by atoms with E-state index in [9.17, 15) is 0 Å². The monoisotopic (exact) mass is 310 g/mol. The van der Waals surface area contributed by atoms with E-state index >= 15 is 0 Å². The Balaban J connectivity index is 1.80. The lowest BCUT2D eigenvalue weighted by molar-refractivity contribution is 0.199. The van der Waals surface area contributed by atoms with Gasteiger partial charge in [-0.25, -0.2) is 0 Å². The highest BCUT2D eigenvalue weighted by Crippen LogP contribution is 2.34. The van der Waals surface area contributed by atoms with Crippen molar-refractivity contribution in [1.29, 1.82) is 0 Å². The summed E-state index contributed by atoms with van der Waals surface area (Å²) in [6.45, 7) is 3.92. The third-order valence-electron chi connectivity index (χ3n) is 3.76. The van der Waals surface area contributed by atoms with Gasteiger partial charge in [0.1, 0.15) is 5.75 Å². The molecule has 98 valence electrons. The molecule has 0 spiro atoms. The number of nitrogens with two attached hydrogens (primary N) is 1. The Labute approximate surface area is 116 Å². The Bertz CT molecular complexity index is 450. The predicted octanol–water partition coefficient (Wildman–Crippen LogP) is 2.31. The summed E-state index contributed by atoms with van der Waals surface area (Å²) in [7, 11) is 0. The third kappa shape index (κ3) is 2.56. The van der Waals surface area contributed by atoms with Crippen LogP contribution in [0.3, 0.4) is 0 Å². The predicted molar refractivity (Wildman–Crippen MR) is 75.8 cm³/mol. The molecule has 0 amide bonds. The summed E-state index contributed by atoms with van der Waals surface area (Å²) in [6, 6.07) is 4.69. The molecule has 18 heavy (non-hydrogen) atoms. The van der Waals surface area contributed by atoms with Gasteiger partial charge in [-0.05, 0) is 37.1 Å². The van der Waals surface area contributed by atoms with Crippen LogP contribution in [0.2, 0.25) is 0 Å². The maximum atomic E-state index is 6.04. The molecule has 2 aliphatic heterocycles. The Morgan fingerprint density at radius 2 is 2.33 bits per heavy atom. The van der Waals surface area contributed by atoms with Crippen LogP contribution in [0.4, 0.5) is 0 Å². The molecule has 3 nitrogen and oxygen atoms in total. The molecule has 3 rings (SSSR count). The maximum Gasteiger partial charge on any atom is 0.127 e. The first kappa shape index (κ1) is 12.5. The topological polar surface area (TPSA) is 38.5 Å². The van der Waals surface area contributed by atoms with E-state index in [1.807, 2.05) is 0 Å². The van der Waals surface area contributed by atoms with E-state index in [1.165, 1.54) is 17.5 Å². The van der Waals surface area contributed by atoms with Gasteiger partial charge < -0.3 is 10.5 Å². The Morgan fingerprint density at radius 3 is 3.17 bits per heavy atom. The highest BCUT2D eigenvalue weighted by molar-refractivity contribution is 9.10. The number of rotatable bonds is 2. The van der Waals surface area contributed by atoms with Gasteiger partial charge in [0.15, 0.2) is 0 Å². The second kappa shape index (κ2) is 5.19. The summed E-state index contributed by atoms with van der Waals surface area (Å²) in [5, 5.41) is 0. The minimum absolute atomic E-state index is 0.333. The molecule has 0 bridgehead atoms. The van der Waals surface area contributed by atoms with Crippen molar-refractivity contribution in [2.75, 3.05) is 19.7 Å². The zero-order valence-corrected chi connectivity index (χ0v) is 12.1.